The minimum absolute atomic E-state index is 0.135. The number of benzene rings is 1. The van der Waals surface area contributed by atoms with E-state index in [2.05, 4.69) is 12.2 Å². The standard InChI is InChI=1S/C16H20FNO2/c1-10(19)12-5-13(11-3-4-11)15(6-14(12)17)20-9-16(2)7-18-8-16/h5-6,11,18H,3-4,7-9H2,1-2H3. The van der Waals surface area contributed by atoms with E-state index >= 15 is 0 Å². The van der Waals surface area contributed by atoms with Crippen molar-refractivity contribution in [3.63, 3.8) is 0 Å². The first-order chi connectivity index (χ1) is 9.48. The zero-order chi connectivity index (χ0) is 14.3. The number of carbonyl (C=O) groups is 1. The number of rotatable bonds is 5. The van der Waals surface area contributed by atoms with E-state index in [0.717, 1.165) is 31.5 Å². The maximum atomic E-state index is 14.0. The molecule has 2 fully saturated rings. The van der Waals surface area contributed by atoms with Gasteiger partial charge in [0.05, 0.1) is 12.2 Å². The van der Waals surface area contributed by atoms with Gasteiger partial charge in [-0.2, -0.15) is 0 Å². The Morgan fingerprint density at radius 1 is 1.45 bits per heavy atom. The lowest BCUT2D eigenvalue weighted by atomic mass is 9.85. The summed E-state index contributed by atoms with van der Waals surface area (Å²) < 4.78 is 19.8. The first kappa shape index (κ1) is 13.6. The fourth-order valence-electron chi connectivity index (χ4n) is 2.59. The van der Waals surface area contributed by atoms with E-state index in [1.807, 2.05) is 0 Å². The molecule has 108 valence electrons. The fraction of sp³-hybridized carbons (Fsp3) is 0.562. The number of hydrogen-bond donors (Lipinski definition) is 1. The summed E-state index contributed by atoms with van der Waals surface area (Å²) in [6.45, 7) is 6.00. The molecule has 2 aliphatic rings. The van der Waals surface area contributed by atoms with Crippen LogP contribution in [0, 0.1) is 11.2 Å². The third-order valence-corrected chi connectivity index (χ3v) is 4.18. The number of ketones is 1. The largest absolute Gasteiger partial charge is 0.493 e. The molecule has 0 aromatic heterocycles. The lowest BCUT2D eigenvalue weighted by Crippen LogP contribution is -2.54. The average molecular weight is 277 g/mol. The molecule has 1 saturated heterocycles. The first-order valence-corrected chi connectivity index (χ1v) is 7.16. The van der Waals surface area contributed by atoms with Crippen LogP contribution in [0.1, 0.15) is 48.5 Å². The Bertz CT molecular complexity index is 548. The van der Waals surface area contributed by atoms with Crippen LogP contribution in [-0.2, 0) is 0 Å². The van der Waals surface area contributed by atoms with Gasteiger partial charge in [0.25, 0.3) is 0 Å². The van der Waals surface area contributed by atoms with Crippen LogP contribution in [0.15, 0.2) is 12.1 Å². The second kappa shape index (κ2) is 4.85. The topological polar surface area (TPSA) is 38.3 Å². The van der Waals surface area contributed by atoms with Gasteiger partial charge in [0.1, 0.15) is 11.6 Å². The van der Waals surface area contributed by atoms with Crippen LogP contribution in [-0.4, -0.2) is 25.5 Å². The summed E-state index contributed by atoms with van der Waals surface area (Å²) in [7, 11) is 0. The van der Waals surface area contributed by atoms with Crippen LogP contribution in [0.5, 0.6) is 5.75 Å². The van der Waals surface area contributed by atoms with E-state index in [0.29, 0.717) is 18.3 Å². The third kappa shape index (κ3) is 2.57. The number of halogens is 1. The van der Waals surface area contributed by atoms with Crippen molar-refractivity contribution in [1.29, 1.82) is 0 Å². The van der Waals surface area contributed by atoms with Crippen molar-refractivity contribution in [2.75, 3.05) is 19.7 Å². The summed E-state index contributed by atoms with van der Waals surface area (Å²) in [6.07, 6.45) is 2.19. The molecule has 3 nitrogen and oxygen atoms in total. The Morgan fingerprint density at radius 3 is 2.65 bits per heavy atom. The Balaban J connectivity index is 1.84. The minimum Gasteiger partial charge on any atom is -0.493 e. The van der Waals surface area contributed by atoms with Crippen LogP contribution in [0.3, 0.4) is 0 Å². The maximum absolute atomic E-state index is 14.0. The number of ether oxygens (including phenoxy) is 1. The summed E-state index contributed by atoms with van der Waals surface area (Å²) in [5, 5.41) is 3.22. The third-order valence-electron chi connectivity index (χ3n) is 4.18. The van der Waals surface area contributed by atoms with Gasteiger partial charge in [-0.05, 0) is 37.3 Å². The van der Waals surface area contributed by atoms with Gasteiger partial charge < -0.3 is 10.1 Å². The van der Waals surface area contributed by atoms with E-state index in [-0.39, 0.29) is 16.8 Å². The molecule has 1 heterocycles. The van der Waals surface area contributed by atoms with Crippen molar-refractivity contribution in [2.45, 2.75) is 32.6 Å². The molecule has 0 bridgehead atoms. The monoisotopic (exact) mass is 277 g/mol. The van der Waals surface area contributed by atoms with Crippen LogP contribution in [0.2, 0.25) is 0 Å². The molecule has 0 amide bonds. The van der Waals surface area contributed by atoms with E-state index in [9.17, 15) is 9.18 Å². The molecule has 1 aliphatic carbocycles. The first-order valence-electron chi connectivity index (χ1n) is 7.16. The van der Waals surface area contributed by atoms with Gasteiger partial charge in [-0.15, -0.1) is 0 Å². The van der Waals surface area contributed by atoms with Crippen molar-refractivity contribution in [2.24, 2.45) is 5.41 Å². The summed E-state index contributed by atoms with van der Waals surface area (Å²) in [4.78, 5) is 11.5. The normalized spacial score (nSPS) is 20.4. The summed E-state index contributed by atoms with van der Waals surface area (Å²) >= 11 is 0. The Hall–Kier alpha value is -1.42. The highest BCUT2D eigenvalue weighted by Crippen LogP contribution is 2.45. The molecule has 1 saturated carbocycles. The molecule has 1 aliphatic heterocycles. The highest BCUT2D eigenvalue weighted by atomic mass is 19.1. The number of Topliss-reactive ketones (excluding diaryl/α,β-unsaturated/α-hetero) is 1. The highest BCUT2D eigenvalue weighted by molar-refractivity contribution is 5.94. The number of carbonyl (C=O) groups excluding carboxylic acids is 1. The average Bonchev–Trinajstić information content (AvgIpc) is 3.17. The van der Waals surface area contributed by atoms with E-state index in [1.165, 1.54) is 13.0 Å². The van der Waals surface area contributed by atoms with E-state index in [1.54, 1.807) is 6.07 Å². The van der Waals surface area contributed by atoms with Crippen molar-refractivity contribution < 1.29 is 13.9 Å². The van der Waals surface area contributed by atoms with Crippen molar-refractivity contribution >= 4 is 5.78 Å². The lowest BCUT2D eigenvalue weighted by Gasteiger charge is -2.39. The Labute approximate surface area is 118 Å². The number of hydrogen-bond acceptors (Lipinski definition) is 3. The van der Waals surface area contributed by atoms with Crippen LogP contribution >= 0.6 is 0 Å². The number of nitrogens with one attached hydrogen (secondary N) is 1. The fourth-order valence-corrected chi connectivity index (χ4v) is 2.59. The molecule has 4 heteroatoms. The lowest BCUT2D eigenvalue weighted by molar-refractivity contribution is 0.0997. The van der Waals surface area contributed by atoms with Gasteiger partial charge in [0, 0.05) is 24.6 Å². The second-order valence-corrected chi connectivity index (χ2v) is 6.40. The minimum atomic E-state index is -0.478. The van der Waals surface area contributed by atoms with Gasteiger partial charge in [-0.1, -0.05) is 6.92 Å². The van der Waals surface area contributed by atoms with Crippen LogP contribution < -0.4 is 10.1 Å². The molecule has 20 heavy (non-hydrogen) atoms. The zero-order valence-electron chi connectivity index (χ0n) is 12.0. The molecule has 0 atom stereocenters. The molecule has 1 N–H and O–H groups in total. The van der Waals surface area contributed by atoms with Crippen LogP contribution in [0.25, 0.3) is 0 Å². The maximum Gasteiger partial charge on any atom is 0.162 e. The Morgan fingerprint density at radius 2 is 2.15 bits per heavy atom. The van der Waals surface area contributed by atoms with E-state index < -0.39 is 5.82 Å². The highest BCUT2D eigenvalue weighted by Gasteiger charge is 2.34. The van der Waals surface area contributed by atoms with Gasteiger partial charge in [0.15, 0.2) is 5.78 Å². The summed E-state index contributed by atoms with van der Waals surface area (Å²) in [5.74, 6) is 0.332. The van der Waals surface area contributed by atoms with Gasteiger partial charge >= 0.3 is 0 Å². The predicted octanol–water partition coefficient (Wildman–Crippen LogP) is 2.89. The predicted molar refractivity (Wildman–Crippen MR) is 74.9 cm³/mol. The molecule has 1 aromatic carbocycles. The molecular formula is C16H20FNO2. The molecule has 1 aromatic rings. The van der Waals surface area contributed by atoms with Crippen molar-refractivity contribution in [1.82, 2.24) is 5.32 Å². The molecule has 3 rings (SSSR count). The summed E-state index contributed by atoms with van der Waals surface area (Å²) in [6, 6.07) is 3.08. The molecule has 0 radical (unpaired) electrons. The SMILES string of the molecule is CC(=O)c1cc(C2CC2)c(OCC2(C)CNC2)cc1F. The quantitative estimate of drug-likeness (QED) is 0.841. The van der Waals surface area contributed by atoms with Crippen molar-refractivity contribution in [3.8, 4) is 5.75 Å². The van der Waals surface area contributed by atoms with Gasteiger partial charge in [-0.25, -0.2) is 4.39 Å². The summed E-state index contributed by atoms with van der Waals surface area (Å²) in [5.41, 5.74) is 1.31. The van der Waals surface area contributed by atoms with E-state index in [4.69, 9.17) is 4.74 Å². The van der Waals surface area contributed by atoms with Gasteiger partial charge in [0.2, 0.25) is 0 Å². The molecule has 0 spiro atoms. The van der Waals surface area contributed by atoms with Gasteiger partial charge in [-0.3, -0.25) is 4.79 Å². The molecule has 0 unspecified atom stereocenters. The smallest absolute Gasteiger partial charge is 0.162 e. The second-order valence-electron chi connectivity index (χ2n) is 6.40. The Kier molecular flexibility index (Phi) is 3.28. The zero-order valence-corrected chi connectivity index (χ0v) is 12.0. The van der Waals surface area contributed by atoms with Crippen molar-refractivity contribution in [3.05, 3.63) is 29.1 Å². The van der Waals surface area contributed by atoms with Crippen LogP contribution in [0.4, 0.5) is 4.39 Å². The molecular weight excluding hydrogens is 257 g/mol.